The summed E-state index contributed by atoms with van der Waals surface area (Å²) in [5.41, 5.74) is 3.82. The van der Waals surface area contributed by atoms with Crippen LogP contribution in [0.4, 0.5) is 5.69 Å². The first-order valence-electron chi connectivity index (χ1n) is 9.82. The maximum atomic E-state index is 13.1. The zero-order chi connectivity index (χ0) is 21.7. The van der Waals surface area contributed by atoms with Crippen LogP contribution in [0.3, 0.4) is 0 Å². The Balaban J connectivity index is 2.02. The topological polar surface area (TPSA) is 69.6 Å². The molecule has 30 heavy (non-hydrogen) atoms. The van der Waals surface area contributed by atoms with Gasteiger partial charge in [-0.15, -0.1) is 0 Å². The fourth-order valence-electron chi connectivity index (χ4n) is 3.55. The number of aromatic nitrogens is 1. The maximum Gasteiger partial charge on any atom is 0.355 e. The monoisotopic (exact) mass is 406 g/mol. The summed E-state index contributed by atoms with van der Waals surface area (Å²) in [5, 5.41) is 2.91. The highest BCUT2D eigenvalue weighted by atomic mass is 16.5. The number of amides is 1. The number of esters is 1. The number of hydrogen-bond acceptors (Lipinski definition) is 4. The highest BCUT2D eigenvalue weighted by Gasteiger charge is 2.27. The molecule has 0 unspecified atom stereocenters. The van der Waals surface area contributed by atoms with Crippen LogP contribution in [0.25, 0.3) is 0 Å². The third kappa shape index (κ3) is 4.38. The van der Waals surface area contributed by atoms with Gasteiger partial charge in [0, 0.05) is 24.0 Å². The number of ether oxygens (including phenoxy) is 2. The lowest BCUT2D eigenvalue weighted by Crippen LogP contribution is -2.15. The Bertz CT molecular complexity index is 1050. The summed E-state index contributed by atoms with van der Waals surface area (Å²) >= 11 is 0. The Labute approximate surface area is 176 Å². The molecule has 1 aromatic heterocycles. The van der Waals surface area contributed by atoms with Gasteiger partial charge in [-0.2, -0.15) is 0 Å². The minimum atomic E-state index is -0.436. The molecule has 3 rings (SSSR count). The molecule has 0 saturated carbocycles. The minimum absolute atomic E-state index is 0.263. The van der Waals surface area contributed by atoms with Gasteiger partial charge in [-0.25, -0.2) is 4.79 Å². The first kappa shape index (κ1) is 21.2. The van der Waals surface area contributed by atoms with Crippen molar-refractivity contribution in [2.24, 2.45) is 0 Å². The first-order chi connectivity index (χ1) is 14.5. The van der Waals surface area contributed by atoms with E-state index in [1.807, 2.05) is 41.8 Å². The van der Waals surface area contributed by atoms with Gasteiger partial charge < -0.3 is 19.4 Å². The van der Waals surface area contributed by atoms with E-state index in [4.69, 9.17) is 9.47 Å². The van der Waals surface area contributed by atoms with E-state index in [2.05, 4.69) is 5.32 Å². The molecule has 1 amide bonds. The molecular formula is C24H26N2O4. The number of hydrogen-bond donors (Lipinski definition) is 1. The van der Waals surface area contributed by atoms with Crippen LogP contribution in [-0.4, -0.2) is 30.2 Å². The first-order valence-corrected chi connectivity index (χ1v) is 9.82. The second-order valence-corrected chi connectivity index (χ2v) is 6.91. The third-order valence-corrected chi connectivity index (χ3v) is 4.97. The SMILES string of the molecule is CCOC(=O)c1c(C)c(C(=O)Nc2cccc(OC)c2)c(C)n1Cc1ccccc1. The van der Waals surface area contributed by atoms with Gasteiger partial charge in [0.15, 0.2) is 0 Å². The maximum absolute atomic E-state index is 13.1. The van der Waals surface area contributed by atoms with Crippen LogP contribution in [-0.2, 0) is 11.3 Å². The number of carbonyl (C=O) groups is 2. The van der Waals surface area contributed by atoms with Crippen LogP contribution in [0.15, 0.2) is 54.6 Å². The number of nitrogens with zero attached hydrogens (tertiary/aromatic N) is 1. The predicted octanol–water partition coefficient (Wildman–Crippen LogP) is 4.59. The molecule has 0 fully saturated rings. The number of rotatable bonds is 7. The van der Waals surface area contributed by atoms with Crippen LogP contribution in [0.5, 0.6) is 5.75 Å². The van der Waals surface area contributed by atoms with E-state index in [0.29, 0.717) is 40.5 Å². The molecule has 0 aliphatic carbocycles. The molecule has 0 saturated heterocycles. The van der Waals surface area contributed by atoms with Crippen LogP contribution in [0, 0.1) is 13.8 Å². The summed E-state index contributed by atoms with van der Waals surface area (Å²) in [6.45, 7) is 6.12. The normalized spacial score (nSPS) is 10.5. The lowest BCUT2D eigenvalue weighted by atomic mass is 10.1. The standard InChI is InChI=1S/C24H26N2O4/c1-5-30-24(28)22-16(2)21(17(3)26(22)15-18-10-7-6-8-11-18)23(27)25-19-12-9-13-20(14-19)29-4/h6-14H,5,15H2,1-4H3,(H,25,27). The Hall–Kier alpha value is -3.54. The molecule has 0 aliphatic heterocycles. The number of carbonyl (C=O) groups excluding carboxylic acids is 2. The van der Waals surface area contributed by atoms with E-state index < -0.39 is 5.97 Å². The van der Waals surface area contributed by atoms with Crippen molar-refractivity contribution < 1.29 is 19.1 Å². The lowest BCUT2D eigenvalue weighted by molar-refractivity contribution is 0.0513. The molecule has 3 aromatic rings. The lowest BCUT2D eigenvalue weighted by Gasteiger charge is -2.12. The smallest absolute Gasteiger partial charge is 0.355 e. The molecule has 0 spiro atoms. The third-order valence-electron chi connectivity index (χ3n) is 4.97. The van der Waals surface area contributed by atoms with Crippen molar-refractivity contribution in [3.63, 3.8) is 0 Å². The van der Waals surface area contributed by atoms with Gasteiger partial charge in [0.05, 0.1) is 19.3 Å². The Morgan fingerprint density at radius 3 is 2.43 bits per heavy atom. The summed E-state index contributed by atoms with van der Waals surface area (Å²) in [6.07, 6.45) is 0. The largest absolute Gasteiger partial charge is 0.497 e. The molecule has 6 nitrogen and oxygen atoms in total. The van der Waals surface area contributed by atoms with E-state index in [9.17, 15) is 9.59 Å². The van der Waals surface area contributed by atoms with Crippen molar-refractivity contribution in [3.05, 3.63) is 82.7 Å². The summed E-state index contributed by atoms with van der Waals surface area (Å²) in [7, 11) is 1.57. The molecular weight excluding hydrogens is 380 g/mol. The molecule has 6 heteroatoms. The van der Waals surface area contributed by atoms with Crippen molar-refractivity contribution in [1.82, 2.24) is 4.57 Å². The van der Waals surface area contributed by atoms with Gasteiger partial charge in [0.2, 0.25) is 0 Å². The molecule has 1 N–H and O–H groups in total. The van der Waals surface area contributed by atoms with Crippen molar-refractivity contribution >= 4 is 17.6 Å². The predicted molar refractivity (Wildman–Crippen MR) is 116 cm³/mol. The molecule has 0 aliphatic rings. The Kier molecular flexibility index (Phi) is 6.57. The fourth-order valence-corrected chi connectivity index (χ4v) is 3.55. The Morgan fingerprint density at radius 2 is 1.77 bits per heavy atom. The van der Waals surface area contributed by atoms with Gasteiger partial charge in [0.25, 0.3) is 5.91 Å². The number of nitrogens with one attached hydrogen (secondary N) is 1. The van der Waals surface area contributed by atoms with E-state index in [1.165, 1.54) is 0 Å². The van der Waals surface area contributed by atoms with Crippen molar-refractivity contribution in [2.75, 3.05) is 19.0 Å². The molecule has 0 atom stereocenters. The van der Waals surface area contributed by atoms with E-state index in [1.54, 1.807) is 45.2 Å². The average Bonchev–Trinajstić information content (AvgIpc) is 2.98. The average molecular weight is 406 g/mol. The van der Waals surface area contributed by atoms with Gasteiger partial charge >= 0.3 is 5.97 Å². The van der Waals surface area contributed by atoms with Crippen LogP contribution < -0.4 is 10.1 Å². The van der Waals surface area contributed by atoms with Crippen LogP contribution >= 0.6 is 0 Å². The fraction of sp³-hybridized carbons (Fsp3) is 0.250. The quantitative estimate of drug-likeness (QED) is 0.583. The van der Waals surface area contributed by atoms with Gasteiger partial charge in [-0.3, -0.25) is 4.79 Å². The highest BCUT2D eigenvalue weighted by Crippen LogP contribution is 2.26. The van der Waals surface area contributed by atoms with E-state index >= 15 is 0 Å². The number of anilines is 1. The van der Waals surface area contributed by atoms with Crippen LogP contribution in [0.1, 0.15) is 44.6 Å². The number of methoxy groups -OCH3 is 1. The summed E-state index contributed by atoms with van der Waals surface area (Å²) in [6, 6.07) is 17.0. The molecule has 0 radical (unpaired) electrons. The zero-order valence-electron chi connectivity index (χ0n) is 17.7. The highest BCUT2D eigenvalue weighted by molar-refractivity contribution is 6.08. The van der Waals surface area contributed by atoms with E-state index in [0.717, 1.165) is 5.56 Å². The zero-order valence-corrected chi connectivity index (χ0v) is 17.7. The number of benzene rings is 2. The molecule has 2 aromatic carbocycles. The Morgan fingerprint density at radius 1 is 1.03 bits per heavy atom. The molecule has 0 bridgehead atoms. The van der Waals surface area contributed by atoms with Crippen molar-refractivity contribution in [2.45, 2.75) is 27.3 Å². The van der Waals surface area contributed by atoms with Gasteiger partial charge in [-0.1, -0.05) is 36.4 Å². The van der Waals surface area contributed by atoms with Gasteiger partial charge in [-0.05, 0) is 44.0 Å². The van der Waals surface area contributed by atoms with Crippen LogP contribution in [0.2, 0.25) is 0 Å². The van der Waals surface area contributed by atoms with Crippen molar-refractivity contribution in [3.8, 4) is 5.75 Å². The summed E-state index contributed by atoms with van der Waals surface area (Å²) in [5.74, 6) is -0.0693. The second kappa shape index (κ2) is 9.31. The second-order valence-electron chi connectivity index (χ2n) is 6.91. The minimum Gasteiger partial charge on any atom is -0.497 e. The summed E-state index contributed by atoms with van der Waals surface area (Å²) < 4.78 is 12.3. The summed E-state index contributed by atoms with van der Waals surface area (Å²) in [4.78, 5) is 25.9. The molecule has 156 valence electrons. The van der Waals surface area contributed by atoms with E-state index in [-0.39, 0.29) is 12.5 Å². The van der Waals surface area contributed by atoms with Gasteiger partial charge in [0.1, 0.15) is 11.4 Å². The molecule has 1 heterocycles. The van der Waals surface area contributed by atoms with Crippen molar-refractivity contribution in [1.29, 1.82) is 0 Å².